The highest BCUT2D eigenvalue weighted by Gasteiger charge is 2.32. The minimum Gasteiger partial charge on any atom is -0.480 e. The lowest BCUT2D eigenvalue weighted by Gasteiger charge is -2.25. The fourth-order valence-corrected chi connectivity index (χ4v) is 3.87. The van der Waals surface area contributed by atoms with Gasteiger partial charge in [-0.3, -0.25) is 9.59 Å². The second kappa shape index (κ2) is 6.27. The third-order valence-corrected chi connectivity index (χ3v) is 4.98. The number of aromatic nitrogens is 1. The molecular weight excluding hydrogens is 300 g/mol. The van der Waals surface area contributed by atoms with Crippen molar-refractivity contribution < 1.29 is 14.7 Å². The molecule has 6 heteroatoms. The predicted octanol–water partition coefficient (Wildman–Crippen LogP) is 2.55. The Bertz CT molecular complexity index is 705. The fourth-order valence-electron chi connectivity index (χ4n) is 2.72. The van der Waals surface area contributed by atoms with Gasteiger partial charge in [0.2, 0.25) is 5.91 Å². The highest BCUT2D eigenvalue weighted by atomic mass is 32.1. The van der Waals surface area contributed by atoms with Crippen molar-refractivity contribution >= 4 is 33.4 Å². The van der Waals surface area contributed by atoms with Crippen LogP contribution in [0.15, 0.2) is 36.4 Å². The standard InChI is InChI=1S/C16H16N2O3S/c19-14(20)9-17-15(21)10-5-1-2-6-11(10)16-18-12-7-3-4-8-13(12)22-16/h1-4,7-8,10-11H,5-6,9H2,(H,17,21)(H,19,20). The molecule has 3 rings (SSSR count). The first-order valence-corrected chi connectivity index (χ1v) is 7.97. The van der Waals surface area contributed by atoms with E-state index in [9.17, 15) is 9.59 Å². The maximum atomic E-state index is 12.3. The Balaban J connectivity index is 1.84. The molecule has 0 aliphatic heterocycles. The summed E-state index contributed by atoms with van der Waals surface area (Å²) in [5.41, 5.74) is 0.946. The number of carboxylic acid groups (broad SMARTS) is 1. The Morgan fingerprint density at radius 3 is 2.82 bits per heavy atom. The Labute approximate surface area is 131 Å². The largest absolute Gasteiger partial charge is 0.480 e. The number of hydrogen-bond donors (Lipinski definition) is 2. The van der Waals surface area contributed by atoms with Crippen molar-refractivity contribution in [2.24, 2.45) is 5.92 Å². The van der Waals surface area contributed by atoms with Gasteiger partial charge in [0.1, 0.15) is 6.54 Å². The van der Waals surface area contributed by atoms with Crippen molar-refractivity contribution in [1.82, 2.24) is 10.3 Å². The molecule has 0 saturated heterocycles. The smallest absolute Gasteiger partial charge is 0.322 e. The summed E-state index contributed by atoms with van der Waals surface area (Å²) in [5.74, 6) is -1.49. The Morgan fingerprint density at radius 1 is 1.27 bits per heavy atom. The van der Waals surface area contributed by atoms with Crippen molar-refractivity contribution in [3.8, 4) is 0 Å². The quantitative estimate of drug-likeness (QED) is 0.850. The zero-order chi connectivity index (χ0) is 15.5. The SMILES string of the molecule is O=C(O)CNC(=O)C1CC=CCC1c1nc2ccccc2s1. The molecule has 0 fully saturated rings. The van der Waals surface area contributed by atoms with Gasteiger partial charge in [-0.2, -0.15) is 0 Å². The van der Waals surface area contributed by atoms with E-state index in [0.29, 0.717) is 6.42 Å². The van der Waals surface area contributed by atoms with E-state index in [1.165, 1.54) is 0 Å². The number of allylic oxidation sites excluding steroid dienone is 2. The van der Waals surface area contributed by atoms with Crippen LogP contribution in [0.3, 0.4) is 0 Å². The summed E-state index contributed by atoms with van der Waals surface area (Å²) in [6.07, 6.45) is 5.42. The van der Waals surface area contributed by atoms with E-state index in [-0.39, 0.29) is 24.3 Å². The molecule has 1 aliphatic rings. The van der Waals surface area contributed by atoms with E-state index < -0.39 is 5.97 Å². The van der Waals surface area contributed by atoms with E-state index in [2.05, 4.69) is 16.4 Å². The van der Waals surface area contributed by atoms with E-state index in [1.54, 1.807) is 11.3 Å². The lowest BCUT2D eigenvalue weighted by atomic mass is 9.82. The summed E-state index contributed by atoms with van der Waals surface area (Å²) >= 11 is 1.61. The average molecular weight is 316 g/mol. The van der Waals surface area contributed by atoms with E-state index in [1.807, 2.05) is 30.3 Å². The molecule has 0 spiro atoms. The first-order valence-electron chi connectivity index (χ1n) is 7.15. The molecule has 0 saturated carbocycles. The van der Waals surface area contributed by atoms with Crippen LogP contribution in [0.4, 0.5) is 0 Å². The molecule has 22 heavy (non-hydrogen) atoms. The summed E-state index contributed by atoms with van der Waals surface area (Å²) in [7, 11) is 0. The van der Waals surface area contributed by atoms with Crippen molar-refractivity contribution in [2.45, 2.75) is 18.8 Å². The molecule has 1 amide bonds. The van der Waals surface area contributed by atoms with Gasteiger partial charge in [-0.05, 0) is 25.0 Å². The normalized spacial score (nSPS) is 20.9. The molecule has 2 atom stereocenters. The number of rotatable bonds is 4. The van der Waals surface area contributed by atoms with Crippen molar-refractivity contribution in [3.05, 3.63) is 41.4 Å². The molecule has 1 aliphatic carbocycles. The summed E-state index contributed by atoms with van der Waals surface area (Å²) in [6.45, 7) is -0.342. The predicted molar refractivity (Wildman–Crippen MR) is 84.9 cm³/mol. The molecule has 0 bridgehead atoms. The molecule has 2 aromatic rings. The van der Waals surface area contributed by atoms with E-state index >= 15 is 0 Å². The topological polar surface area (TPSA) is 79.3 Å². The van der Waals surface area contributed by atoms with Crippen LogP contribution in [0.25, 0.3) is 10.2 Å². The molecular formula is C16H16N2O3S. The number of nitrogens with zero attached hydrogens (tertiary/aromatic N) is 1. The van der Waals surface area contributed by atoms with E-state index in [0.717, 1.165) is 21.6 Å². The number of para-hydroxylation sites is 1. The summed E-state index contributed by atoms with van der Waals surface area (Å²) < 4.78 is 1.11. The third kappa shape index (κ3) is 3.01. The molecule has 1 heterocycles. The monoisotopic (exact) mass is 316 g/mol. The highest BCUT2D eigenvalue weighted by molar-refractivity contribution is 7.18. The number of benzene rings is 1. The van der Waals surface area contributed by atoms with E-state index in [4.69, 9.17) is 5.11 Å². The minimum atomic E-state index is -1.03. The van der Waals surface area contributed by atoms with Crippen LogP contribution in [0.2, 0.25) is 0 Å². The number of carbonyl (C=O) groups is 2. The van der Waals surface area contributed by atoms with Gasteiger partial charge in [-0.1, -0.05) is 24.3 Å². The molecule has 114 valence electrons. The van der Waals surface area contributed by atoms with Gasteiger partial charge < -0.3 is 10.4 Å². The average Bonchev–Trinajstić information content (AvgIpc) is 2.96. The molecule has 1 aromatic carbocycles. The van der Waals surface area contributed by atoms with Gasteiger partial charge in [0, 0.05) is 5.92 Å². The van der Waals surface area contributed by atoms with Crippen LogP contribution in [0, 0.1) is 5.92 Å². The lowest BCUT2D eigenvalue weighted by molar-refractivity contribution is -0.138. The number of amides is 1. The number of thiazole rings is 1. The van der Waals surface area contributed by atoms with Gasteiger partial charge >= 0.3 is 5.97 Å². The molecule has 0 radical (unpaired) electrons. The molecule has 2 unspecified atom stereocenters. The summed E-state index contributed by atoms with van der Waals surface area (Å²) in [4.78, 5) is 27.5. The Morgan fingerprint density at radius 2 is 2.05 bits per heavy atom. The molecule has 5 nitrogen and oxygen atoms in total. The van der Waals surface area contributed by atoms with Crippen molar-refractivity contribution in [1.29, 1.82) is 0 Å². The van der Waals surface area contributed by atoms with Gasteiger partial charge in [0.15, 0.2) is 0 Å². The highest BCUT2D eigenvalue weighted by Crippen LogP contribution is 2.38. The second-order valence-corrected chi connectivity index (χ2v) is 6.35. The number of aliphatic carboxylic acids is 1. The van der Waals surface area contributed by atoms with Gasteiger partial charge in [-0.25, -0.2) is 4.98 Å². The van der Waals surface area contributed by atoms with Crippen LogP contribution in [-0.4, -0.2) is 28.5 Å². The Kier molecular flexibility index (Phi) is 4.20. The lowest BCUT2D eigenvalue weighted by Crippen LogP contribution is -2.37. The van der Waals surface area contributed by atoms with Gasteiger partial charge in [0.05, 0.1) is 21.1 Å². The zero-order valence-electron chi connectivity index (χ0n) is 11.9. The maximum Gasteiger partial charge on any atom is 0.322 e. The van der Waals surface area contributed by atoms with Crippen LogP contribution in [0.1, 0.15) is 23.8 Å². The van der Waals surface area contributed by atoms with Gasteiger partial charge in [-0.15, -0.1) is 11.3 Å². The second-order valence-electron chi connectivity index (χ2n) is 5.29. The molecule has 1 aromatic heterocycles. The first kappa shape index (κ1) is 14.7. The number of fused-ring (bicyclic) bond motifs is 1. The van der Waals surface area contributed by atoms with Crippen molar-refractivity contribution in [3.63, 3.8) is 0 Å². The summed E-state index contributed by atoms with van der Waals surface area (Å²) in [5, 5.41) is 12.1. The number of carboxylic acids is 1. The zero-order valence-corrected chi connectivity index (χ0v) is 12.7. The van der Waals surface area contributed by atoms with Crippen LogP contribution >= 0.6 is 11.3 Å². The first-order chi connectivity index (χ1) is 10.6. The van der Waals surface area contributed by atoms with Gasteiger partial charge in [0.25, 0.3) is 0 Å². The summed E-state index contributed by atoms with van der Waals surface area (Å²) in [6, 6.07) is 7.91. The third-order valence-electron chi connectivity index (χ3n) is 3.81. The van der Waals surface area contributed by atoms with Crippen LogP contribution in [-0.2, 0) is 9.59 Å². The minimum absolute atomic E-state index is 0.0104. The number of carbonyl (C=O) groups excluding carboxylic acids is 1. The number of nitrogens with one attached hydrogen (secondary N) is 1. The van der Waals surface area contributed by atoms with Crippen molar-refractivity contribution in [2.75, 3.05) is 6.54 Å². The van der Waals surface area contributed by atoms with Crippen LogP contribution < -0.4 is 5.32 Å². The molecule has 2 N–H and O–H groups in total. The number of hydrogen-bond acceptors (Lipinski definition) is 4. The van der Waals surface area contributed by atoms with Crippen LogP contribution in [0.5, 0.6) is 0 Å². The maximum absolute atomic E-state index is 12.3. The Hall–Kier alpha value is -2.21. The fraction of sp³-hybridized carbons (Fsp3) is 0.312.